The Balaban J connectivity index is 1.12. The molecule has 0 aromatic heterocycles. The summed E-state index contributed by atoms with van der Waals surface area (Å²) in [5, 5.41) is 7.64. The van der Waals surface area contributed by atoms with Crippen molar-refractivity contribution in [2.45, 2.75) is 10.1 Å². The van der Waals surface area contributed by atoms with Gasteiger partial charge in [-0.25, -0.2) is 0 Å². The van der Waals surface area contributed by atoms with Crippen molar-refractivity contribution in [3.05, 3.63) is 163 Å². The Hall–Kier alpha value is -5.33. The first kappa shape index (κ1) is 27.8. The number of nitrogens with one attached hydrogen (secondary N) is 2. The smallest absolute Gasteiger partial charge is 0.255 e. The summed E-state index contributed by atoms with van der Waals surface area (Å²) in [7, 11) is 0. The van der Waals surface area contributed by atoms with Gasteiger partial charge in [0.25, 0.3) is 5.91 Å². The van der Waals surface area contributed by atoms with E-state index in [1.165, 1.54) is 11.8 Å². The van der Waals surface area contributed by atoms with E-state index in [0.29, 0.717) is 22.7 Å². The molecule has 0 saturated heterocycles. The molecule has 1 atom stereocenters. The van der Waals surface area contributed by atoms with Crippen LogP contribution in [0.5, 0.6) is 11.5 Å². The minimum atomic E-state index is -0.487. The molecule has 0 radical (unpaired) electrons. The van der Waals surface area contributed by atoms with Crippen molar-refractivity contribution in [1.29, 1.82) is 0 Å². The fourth-order valence-electron chi connectivity index (χ4n) is 4.63. The summed E-state index contributed by atoms with van der Waals surface area (Å²) < 4.78 is 5.87. The van der Waals surface area contributed by atoms with Gasteiger partial charge >= 0.3 is 0 Å². The highest BCUT2D eigenvalue weighted by Gasteiger charge is 2.22. The minimum absolute atomic E-state index is 0.137. The molecule has 6 aromatic rings. The summed E-state index contributed by atoms with van der Waals surface area (Å²) in [6.45, 7) is 0. The van der Waals surface area contributed by atoms with Crippen molar-refractivity contribution in [2.24, 2.45) is 0 Å². The van der Waals surface area contributed by atoms with Gasteiger partial charge in [0.1, 0.15) is 16.7 Å². The van der Waals surface area contributed by atoms with Gasteiger partial charge in [-0.2, -0.15) is 0 Å². The number of para-hydroxylation sites is 1. The molecule has 1 unspecified atom stereocenters. The molecule has 0 fully saturated rings. The van der Waals surface area contributed by atoms with Crippen LogP contribution in [-0.4, -0.2) is 11.8 Å². The number of fused-ring (bicyclic) bond motifs is 1. The highest BCUT2D eigenvalue weighted by molar-refractivity contribution is 8.00. The summed E-state index contributed by atoms with van der Waals surface area (Å²) in [5.74, 6) is 1.12. The molecule has 0 bridgehead atoms. The van der Waals surface area contributed by atoms with E-state index in [4.69, 9.17) is 4.74 Å². The number of hydrogen-bond donors (Lipinski definition) is 2. The zero-order valence-electron chi connectivity index (χ0n) is 23.1. The highest BCUT2D eigenvalue weighted by Crippen LogP contribution is 2.37. The number of ether oxygens (including phenoxy) is 1. The molecule has 0 aliphatic heterocycles. The molecule has 6 aromatic carbocycles. The van der Waals surface area contributed by atoms with Crippen LogP contribution in [0.1, 0.15) is 21.2 Å². The second-order valence-corrected chi connectivity index (χ2v) is 11.1. The zero-order valence-corrected chi connectivity index (χ0v) is 24.0. The lowest BCUT2D eigenvalue weighted by atomic mass is 10.1. The quantitative estimate of drug-likeness (QED) is 0.167. The Bertz CT molecular complexity index is 1840. The molecule has 6 heteroatoms. The van der Waals surface area contributed by atoms with Gasteiger partial charge in [0.05, 0.1) is 0 Å². The third-order valence-corrected chi connectivity index (χ3v) is 8.09. The van der Waals surface area contributed by atoms with Crippen LogP contribution in [0.2, 0.25) is 0 Å². The Morgan fingerprint density at radius 3 is 1.86 bits per heavy atom. The van der Waals surface area contributed by atoms with E-state index in [9.17, 15) is 9.59 Å². The molecule has 43 heavy (non-hydrogen) atoms. The van der Waals surface area contributed by atoms with Crippen LogP contribution in [0.25, 0.3) is 10.8 Å². The monoisotopic (exact) mass is 580 g/mol. The van der Waals surface area contributed by atoms with Crippen molar-refractivity contribution in [1.82, 2.24) is 0 Å². The lowest BCUT2D eigenvalue weighted by molar-refractivity contribution is -0.115. The number of hydrogen-bond acceptors (Lipinski definition) is 4. The molecule has 0 aliphatic rings. The molecule has 210 valence electrons. The second-order valence-electron chi connectivity index (χ2n) is 9.88. The number of rotatable bonds is 9. The Morgan fingerprint density at radius 1 is 0.558 bits per heavy atom. The first-order chi connectivity index (χ1) is 21.1. The maximum Gasteiger partial charge on any atom is 0.255 e. The van der Waals surface area contributed by atoms with E-state index in [0.717, 1.165) is 27.0 Å². The average molecular weight is 581 g/mol. The zero-order chi connectivity index (χ0) is 29.4. The van der Waals surface area contributed by atoms with Gasteiger partial charge < -0.3 is 15.4 Å². The number of thioether (sulfide) groups is 1. The Kier molecular flexibility index (Phi) is 8.48. The van der Waals surface area contributed by atoms with E-state index in [-0.39, 0.29) is 11.8 Å². The number of benzene rings is 6. The van der Waals surface area contributed by atoms with E-state index < -0.39 is 5.25 Å². The van der Waals surface area contributed by atoms with Gasteiger partial charge in [0.2, 0.25) is 5.91 Å². The van der Waals surface area contributed by atoms with Gasteiger partial charge in [-0.05, 0) is 89.1 Å². The van der Waals surface area contributed by atoms with Crippen molar-refractivity contribution in [3.8, 4) is 11.5 Å². The molecule has 5 nitrogen and oxygen atoms in total. The summed E-state index contributed by atoms with van der Waals surface area (Å²) >= 11 is 1.45. The third-order valence-electron chi connectivity index (χ3n) is 6.82. The molecular weight excluding hydrogens is 552 g/mol. The topological polar surface area (TPSA) is 67.4 Å². The SMILES string of the molecule is O=C(Nc1ccc(SC(C(=O)Nc2ccc(Oc3ccccc3)cc2)c2ccccc2)cc1)c1ccc2ccccc2c1. The second kappa shape index (κ2) is 13.1. The van der Waals surface area contributed by atoms with Gasteiger partial charge in [-0.15, -0.1) is 11.8 Å². The summed E-state index contributed by atoms with van der Waals surface area (Å²) in [5.41, 5.74) is 2.85. The molecule has 2 N–H and O–H groups in total. The molecule has 0 aliphatic carbocycles. The maximum absolute atomic E-state index is 13.5. The first-order valence-electron chi connectivity index (χ1n) is 13.9. The Labute approximate surface area is 254 Å². The largest absolute Gasteiger partial charge is 0.457 e. The average Bonchev–Trinajstić information content (AvgIpc) is 3.06. The van der Waals surface area contributed by atoms with Crippen LogP contribution in [0.4, 0.5) is 11.4 Å². The van der Waals surface area contributed by atoms with E-state index >= 15 is 0 Å². The summed E-state index contributed by atoms with van der Waals surface area (Å²) in [4.78, 5) is 27.3. The van der Waals surface area contributed by atoms with Gasteiger partial charge in [0, 0.05) is 21.8 Å². The van der Waals surface area contributed by atoms with Crippen LogP contribution < -0.4 is 15.4 Å². The lowest BCUT2D eigenvalue weighted by Crippen LogP contribution is -2.19. The van der Waals surface area contributed by atoms with Crippen molar-refractivity contribution in [3.63, 3.8) is 0 Å². The molecule has 0 spiro atoms. The third kappa shape index (κ3) is 7.12. The van der Waals surface area contributed by atoms with Crippen molar-refractivity contribution in [2.75, 3.05) is 10.6 Å². The van der Waals surface area contributed by atoms with Crippen LogP contribution >= 0.6 is 11.8 Å². The highest BCUT2D eigenvalue weighted by atomic mass is 32.2. The van der Waals surface area contributed by atoms with Gasteiger partial charge in [0.15, 0.2) is 0 Å². The molecule has 0 saturated carbocycles. The standard InChI is InChI=1S/C37H28N2O3S/c40-36(29-16-15-26-9-7-8-12-28(26)25-29)38-31-19-23-34(24-20-31)43-35(27-10-3-1-4-11-27)37(41)39-30-17-21-33(22-18-30)42-32-13-5-2-6-14-32/h1-25,35H,(H,38,40)(H,39,41). The van der Waals surface area contributed by atoms with Crippen molar-refractivity contribution < 1.29 is 14.3 Å². The molecule has 2 amide bonds. The normalized spacial score (nSPS) is 11.4. The van der Waals surface area contributed by atoms with E-state index in [1.807, 2.05) is 152 Å². The fraction of sp³-hybridized carbons (Fsp3) is 0.0270. The summed E-state index contributed by atoms with van der Waals surface area (Å²) in [6.07, 6.45) is 0. The van der Waals surface area contributed by atoms with Crippen molar-refractivity contribution >= 4 is 45.7 Å². The van der Waals surface area contributed by atoms with Crippen LogP contribution in [0, 0.1) is 0 Å². The Morgan fingerprint density at radius 2 is 1.14 bits per heavy atom. The van der Waals surface area contributed by atoms with Crippen LogP contribution in [0.15, 0.2) is 157 Å². The maximum atomic E-state index is 13.5. The number of amides is 2. The van der Waals surface area contributed by atoms with Crippen LogP contribution in [-0.2, 0) is 4.79 Å². The fourth-order valence-corrected chi connectivity index (χ4v) is 5.65. The van der Waals surface area contributed by atoms with Gasteiger partial charge in [-0.3, -0.25) is 9.59 Å². The number of carbonyl (C=O) groups is 2. The predicted octanol–water partition coefficient (Wildman–Crippen LogP) is 9.36. The van der Waals surface area contributed by atoms with E-state index in [2.05, 4.69) is 10.6 Å². The van der Waals surface area contributed by atoms with Gasteiger partial charge in [-0.1, -0.05) is 78.9 Å². The predicted molar refractivity (Wildman–Crippen MR) is 175 cm³/mol. The number of anilines is 2. The molecular formula is C37H28N2O3S. The molecule has 6 rings (SSSR count). The summed E-state index contributed by atoms with van der Waals surface area (Å²) in [6, 6.07) is 47.7. The first-order valence-corrected chi connectivity index (χ1v) is 14.7. The minimum Gasteiger partial charge on any atom is -0.457 e. The van der Waals surface area contributed by atoms with Crippen LogP contribution in [0.3, 0.4) is 0 Å². The molecule has 0 heterocycles. The lowest BCUT2D eigenvalue weighted by Gasteiger charge is -2.18. The van der Waals surface area contributed by atoms with E-state index in [1.54, 1.807) is 0 Å². The number of carbonyl (C=O) groups excluding carboxylic acids is 2.